The van der Waals surface area contributed by atoms with E-state index < -0.39 is 0 Å². The van der Waals surface area contributed by atoms with Gasteiger partial charge in [0.1, 0.15) is 0 Å². The minimum absolute atomic E-state index is 0.279. The van der Waals surface area contributed by atoms with Crippen LogP contribution in [0.1, 0.15) is 20.8 Å². The quantitative estimate of drug-likeness (QED) is 0.590. The average Bonchev–Trinajstić information content (AvgIpc) is 2.00. The van der Waals surface area contributed by atoms with Gasteiger partial charge in [-0.25, -0.2) is 0 Å². The molecule has 2 nitrogen and oxygen atoms in total. The Hall–Kier alpha value is -0.340. The highest BCUT2D eigenvalue weighted by atomic mass is 16.5. The zero-order valence-corrected chi connectivity index (χ0v) is 8.47. The molecule has 0 amide bonds. The lowest BCUT2D eigenvalue weighted by molar-refractivity contribution is 0.0875. The van der Waals surface area contributed by atoms with E-state index in [1.807, 2.05) is 0 Å². The summed E-state index contributed by atoms with van der Waals surface area (Å²) in [4.78, 5) is 0. The van der Waals surface area contributed by atoms with Crippen LogP contribution in [0.25, 0.3) is 0 Å². The monoisotopic (exact) mass is 171 g/mol. The summed E-state index contributed by atoms with van der Waals surface area (Å²) < 4.78 is 5.39. The SMILES string of the molecule is C=CCOC(C)CNCC(C)C. The van der Waals surface area contributed by atoms with Gasteiger partial charge in [0.2, 0.25) is 0 Å². The summed E-state index contributed by atoms with van der Waals surface area (Å²) in [6.07, 6.45) is 2.06. The summed E-state index contributed by atoms with van der Waals surface area (Å²) in [5.74, 6) is 0.705. The number of rotatable bonds is 7. The number of hydrogen-bond acceptors (Lipinski definition) is 2. The Morgan fingerprint density at radius 2 is 2.00 bits per heavy atom. The molecule has 0 saturated heterocycles. The summed E-state index contributed by atoms with van der Waals surface area (Å²) in [5.41, 5.74) is 0. The Morgan fingerprint density at radius 1 is 1.33 bits per heavy atom. The molecule has 0 aliphatic heterocycles. The smallest absolute Gasteiger partial charge is 0.0675 e. The maximum absolute atomic E-state index is 5.39. The summed E-state index contributed by atoms with van der Waals surface area (Å²) in [6, 6.07) is 0. The second-order valence-corrected chi connectivity index (χ2v) is 3.48. The van der Waals surface area contributed by atoms with Gasteiger partial charge in [0.25, 0.3) is 0 Å². The number of hydrogen-bond donors (Lipinski definition) is 1. The van der Waals surface area contributed by atoms with Crippen LogP contribution in [0, 0.1) is 5.92 Å². The molecule has 1 N–H and O–H groups in total. The summed E-state index contributed by atoms with van der Waals surface area (Å²) >= 11 is 0. The van der Waals surface area contributed by atoms with Crippen molar-refractivity contribution in [3.8, 4) is 0 Å². The van der Waals surface area contributed by atoms with Gasteiger partial charge in [-0.1, -0.05) is 19.9 Å². The van der Waals surface area contributed by atoms with E-state index in [-0.39, 0.29) is 6.10 Å². The molecule has 2 heteroatoms. The van der Waals surface area contributed by atoms with Crippen molar-refractivity contribution < 1.29 is 4.74 Å². The molecular weight excluding hydrogens is 150 g/mol. The molecule has 72 valence electrons. The molecule has 0 spiro atoms. The molecule has 1 atom stereocenters. The minimum atomic E-state index is 0.279. The van der Waals surface area contributed by atoms with Crippen LogP contribution in [0.3, 0.4) is 0 Å². The van der Waals surface area contributed by atoms with Gasteiger partial charge in [-0.2, -0.15) is 0 Å². The van der Waals surface area contributed by atoms with Gasteiger partial charge in [-0.3, -0.25) is 0 Å². The molecule has 0 bridgehead atoms. The first-order chi connectivity index (χ1) is 5.66. The Kier molecular flexibility index (Phi) is 7.11. The fraction of sp³-hybridized carbons (Fsp3) is 0.800. The third-order valence-corrected chi connectivity index (χ3v) is 1.48. The topological polar surface area (TPSA) is 21.3 Å². The summed E-state index contributed by atoms with van der Waals surface area (Å²) in [7, 11) is 0. The first-order valence-corrected chi connectivity index (χ1v) is 4.60. The molecule has 0 aromatic heterocycles. The Balaban J connectivity index is 3.18. The molecule has 0 radical (unpaired) electrons. The van der Waals surface area contributed by atoms with Crippen LogP contribution in [0.5, 0.6) is 0 Å². The third kappa shape index (κ3) is 7.76. The summed E-state index contributed by atoms with van der Waals surface area (Å²) in [6.45, 7) is 12.7. The van der Waals surface area contributed by atoms with Crippen molar-refractivity contribution >= 4 is 0 Å². The van der Waals surface area contributed by atoms with Crippen LogP contribution in [0.4, 0.5) is 0 Å². The highest BCUT2D eigenvalue weighted by molar-refractivity contribution is 4.66. The predicted molar refractivity (Wildman–Crippen MR) is 53.3 cm³/mol. The van der Waals surface area contributed by atoms with Gasteiger partial charge in [-0.15, -0.1) is 6.58 Å². The highest BCUT2D eigenvalue weighted by Crippen LogP contribution is 1.91. The molecule has 0 saturated carbocycles. The van der Waals surface area contributed by atoms with Gasteiger partial charge >= 0.3 is 0 Å². The number of nitrogens with one attached hydrogen (secondary N) is 1. The van der Waals surface area contributed by atoms with Gasteiger partial charge in [0, 0.05) is 6.54 Å². The fourth-order valence-electron chi connectivity index (χ4n) is 0.867. The van der Waals surface area contributed by atoms with Gasteiger partial charge in [-0.05, 0) is 19.4 Å². The summed E-state index contributed by atoms with van der Waals surface area (Å²) in [5, 5.41) is 3.33. The van der Waals surface area contributed by atoms with E-state index in [9.17, 15) is 0 Å². The van der Waals surface area contributed by atoms with E-state index in [2.05, 4.69) is 32.7 Å². The van der Waals surface area contributed by atoms with Crippen molar-refractivity contribution in [1.82, 2.24) is 5.32 Å². The van der Waals surface area contributed by atoms with Crippen LogP contribution in [0.2, 0.25) is 0 Å². The van der Waals surface area contributed by atoms with E-state index in [1.54, 1.807) is 6.08 Å². The molecule has 1 unspecified atom stereocenters. The average molecular weight is 171 g/mol. The lowest BCUT2D eigenvalue weighted by Gasteiger charge is -2.13. The molecule has 0 aliphatic carbocycles. The molecule has 0 aromatic rings. The van der Waals surface area contributed by atoms with Crippen LogP contribution < -0.4 is 5.32 Å². The highest BCUT2D eigenvalue weighted by Gasteiger charge is 2.00. The molecule has 0 rings (SSSR count). The lowest BCUT2D eigenvalue weighted by Crippen LogP contribution is -2.29. The van der Waals surface area contributed by atoms with Gasteiger partial charge in [0.05, 0.1) is 12.7 Å². The molecule has 0 fully saturated rings. The Bertz CT molecular complexity index is 112. The lowest BCUT2D eigenvalue weighted by atomic mass is 10.2. The predicted octanol–water partition coefficient (Wildman–Crippen LogP) is 1.82. The second kappa shape index (κ2) is 7.32. The Morgan fingerprint density at radius 3 is 2.50 bits per heavy atom. The van der Waals surface area contributed by atoms with Crippen molar-refractivity contribution in [1.29, 1.82) is 0 Å². The molecular formula is C10H21NO. The van der Waals surface area contributed by atoms with Crippen LogP contribution >= 0.6 is 0 Å². The van der Waals surface area contributed by atoms with Crippen molar-refractivity contribution in [3.05, 3.63) is 12.7 Å². The van der Waals surface area contributed by atoms with Gasteiger partial charge in [0.15, 0.2) is 0 Å². The largest absolute Gasteiger partial charge is 0.373 e. The van der Waals surface area contributed by atoms with Crippen molar-refractivity contribution in [2.24, 2.45) is 5.92 Å². The Labute approximate surface area is 76.0 Å². The number of ether oxygens (including phenoxy) is 1. The van der Waals surface area contributed by atoms with Crippen LogP contribution in [0.15, 0.2) is 12.7 Å². The van der Waals surface area contributed by atoms with Gasteiger partial charge < -0.3 is 10.1 Å². The van der Waals surface area contributed by atoms with Crippen molar-refractivity contribution in [2.75, 3.05) is 19.7 Å². The van der Waals surface area contributed by atoms with Crippen LogP contribution in [-0.2, 0) is 4.74 Å². The second-order valence-electron chi connectivity index (χ2n) is 3.48. The zero-order valence-electron chi connectivity index (χ0n) is 8.47. The standard InChI is InChI=1S/C10H21NO/c1-5-6-12-10(4)8-11-7-9(2)3/h5,9-11H,1,6-8H2,2-4H3. The first kappa shape index (κ1) is 11.7. The molecule has 0 heterocycles. The fourth-order valence-corrected chi connectivity index (χ4v) is 0.867. The maximum Gasteiger partial charge on any atom is 0.0675 e. The maximum atomic E-state index is 5.39. The first-order valence-electron chi connectivity index (χ1n) is 4.60. The van der Waals surface area contributed by atoms with Crippen molar-refractivity contribution in [3.63, 3.8) is 0 Å². The van der Waals surface area contributed by atoms with E-state index in [0.717, 1.165) is 13.1 Å². The van der Waals surface area contributed by atoms with Crippen molar-refractivity contribution in [2.45, 2.75) is 26.9 Å². The minimum Gasteiger partial charge on any atom is -0.373 e. The third-order valence-electron chi connectivity index (χ3n) is 1.48. The zero-order chi connectivity index (χ0) is 9.40. The van der Waals surface area contributed by atoms with E-state index in [4.69, 9.17) is 4.74 Å². The molecule has 0 aromatic carbocycles. The normalized spacial score (nSPS) is 13.3. The van der Waals surface area contributed by atoms with E-state index in [0.29, 0.717) is 12.5 Å². The van der Waals surface area contributed by atoms with Crippen LogP contribution in [-0.4, -0.2) is 25.8 Å². The molecule has 0 aliphatic rings. The van der Waals surface area contributed by atoms with E-state index >= 15 is 0 Å². The molecule has 12 heavy (non-hydrogen) atoms. The van der Waals surface area contributed by atoms with E-state index in [1.165, 1.54) is 0 Å².